The van der Waals surface area contributed by atoms with Crippen molar-refractivity contribution in [2.45, 2.75) is 19.8 Å². The molecule has 1 heterocycles. The Morgan fingerprint density at radius 3 is 2.93 bits per heavy atom. The summed E-state index contributed by atoms with van der Waals surface area (Å²) < 4.78 is 5.73. The van der Waals surface area contributed by atoms with Gasteiger partial charge in [0.05, 0.1) is 0 Å². The van der Waals surface area contributed by atoms with Crippen molar-refractivity contribution in [1.82, 2.24) is 4.90 Å². The lowest BCUT2D eigenvalue weighted by Crippen LogP contribution is -2.25. The zero-order valence-electron chi connectivity index (χ0n) is 9.33. The first-order valence-electron chi connectivity index (χ1n) is 5.68. The van der Waals surface area contributed by atoms with Gasteiger partial charge in [0.25, 0.3) is 0 Å². The summed E-state index contributed by atoms with van der Waals surface area (Å²) in [6.07, 6.45) is 2.69. The first-order valence-corrected chi connectivity index (χ1v) is 5.68. The van der Waals surface area contributed by atoms with E-state index in [1.807, 2.05) is 18.2 Å². The zero-order chi connectivity index (χ0) is 10.5. The summed E-state index contributed by atoms with van der Waals surface area (Å²) in [4.78, 5) is 2.46. The van der Waals surface area contributed by atoms with E-state index >= 15 is 0 Å². The Balaban J connectivity index is 1.75. The molecular weight excluding hydrogens is 186 g/mol. The summed E-state index contributed by atoms with van der Waals surface area (Å²) in [6.45, 7) is 6.39. The summed E-state index contributed by atoms with van der Waals surface area (Å²) in [5, 5.41) is 0. The van der Waals surface area contributed by atoms with E-state index in [0.29, 0.717) is 0 Å². The molecule has 1 aliphatic rings. The van der Waals surface area contributed by atoms with Gasteiger partial charge in [0.1, 0.15) is 12.4 Å². The predicted octanol–water partition coefficient (Wildman–Crippen LogP) is 2.27. The maximum Gasteiger partial charge on any atom is 0.122 e. The fraction of sp³-hybridized carbons (Fsp3) is 0.538. The standard InChI is InChI=1S/C13H18NO/c1-12-6-2-3-7-13(12)15-11-10-14-8-4-5-9-14/h2,6-7H,4-5,8-11H2,1H3. The summed E-state index contributed by atoms with van der Waals surface area (Å²) in [5.74, 6) is 0.969. The van der Waals surface area contributed by atoms with Crippen LogP contribution in [0.15, 0.2) is 18.2 Å². The lowest BCUT2D eigenvalue weighted by molar-refractivity contribution is 0.237. The molecule has 0 atom stereocenters. The summed E-state index contributed by atoms with van der Waals surface area (Å²) >= 11 is 0. The predicted molar refractivity (Wildman–Crippen MR) is 61.2 cm³/mol. The zero-order valence-corrected chi connectivity index (χ0v) is 9.33. The number of aryl methyl sites for hydroxylation is 1. The van der Waals surface area contributed by atoms with Crippen LogP contribution in [0.25, 0.3) is 0 Å². The molecule has 0 amide bonds. The molecule has 0 aromatic heterocycles. The van der Waals surface area contributed by atoms with Gasteiger partial charge in [-0.1, -0.05) is 12.1 Å². The molecule has 0 aliphatic carbocycles. The van der Waals surface area contributed by atoms with Crippen LogP contribution in [0.5, 0.6) is 5.75 Å². The monoisotopic (exact) mass is 204 g/mol. The van der Waals surface area contributed by atoms with Crippen molar-refractivity contribution >= 4 is 0 Å². The number of ether oxygens (including phenoxy) is 1. The van der Waals surface area contributed by atoms with Crippen molar-refractivity contribution in [3.8, 4) is 5.75 Å². The lowest BCUT2D eigenvalue weighted by atomic mass is 10.2. The lowest BCUT2D eigenvalue weighted by Gasteiger charge is -2.15. The van der Waals surface area contributed by atoms with Gasteiger partial charge in [-0.3, -0.25) is 4.90 Å². The second-order valence-electron chi connectivity index (χ2n) is 4.09. The van der Waals surface area contributed by atoms with Gasteiger partial charge >= 0.3 is 0 Å². The Kier molecular flexibility index (Phi) is 3.62. The van der Waals surface area contributed by atoms with Crippen LogP contribution in [0.4, 0.5) is 0 Å². The molecule has 0 bridgehead atoms. The van der Waals surface area contributed by atoms with Crippen molar-refractivity contribution in [2.75, 3.05) is 26.2 Å². The Bertz CT molecular complexity index is 305. The van der Waals surface area contributed by atoms with Crippen LogP contribution < -0.4 is 4.74 Å². The average Bonchev–Trinajstić information content (AvgIpc) is 2.74. The first-order chi connectivity index (χ1) is 7.36. The second-order valence-corrected chi connectivity index (χ2v) is 4.09. The second kappa shape index (κ2) is 5.17. The third-order valence-electron chi connectivity index (χ3n) is 2.90. The van der Waals surface area contributed by atoms with Crippen molar-refractivity contribution in [2.24, 2.45) is 0 Å². The highest BCUT2D eigenvalue weighted by atomic mass is 16.5. The fourth-order valence-electron chi connectivity index (χ4n) is 1.94. The van der Waals surface area contributed by atoms with Crippen molar-refractivity contribution in [1.29, 1.82) is 0 Å². The van der Waals surface area contributed by atoms with E-state index in [0.717, 1.165) is 18.9 Å². The van der Waals surface area contributed by atoms with Gasteiger partial charge in [0.2, 0.25) is 0 Å². The summed E-state index contributed by atoms with van der Waals surface area (Å²) in [5.41, 5.74) is 1.19. The maximum absolute atomic E-state index is 5.73. The molecule has 2 heteroatoms. The molecule has 1 aromatic rings. The molecule has 0 saturated carbocycles. The maximum atomic E-state index is 5.73. The highest BCUT2D eigenvalue weighted by Crippen LogP contribution is 2.16. The van der Waals surface area contributed by atoms with Gasteiger partial charge < -0.3 is 4.74 Å². The normalized spacial score (nSPS) is 16.9. The minimum absolute atomic E-state index is 0.790. The van der Waals surface area contributed by atoms with Crippen molar-refractivity contribution in [3.05, 3.63) is 29.8 Å². The molecule has 2 rings (SSSR count). The third-order valence-corrected chi connectivity index (χ3v) is 2.90. The van der Waals surface area contributed by atoms with Gasteiger partial charge in [-0.2, -0.15) is 0 Å². The quantitative estimate of drug-likeness (QED) is 0.746. The largest absolute Gasteiger partial charge is 0.492 e. The van der Waals surface area contributed by atoms with E-state index in [9.17, 15) is 0 Å². The molecule has 1 aliphatic heterocycles. The SMILES string of the molecule is Cc1cc[c]cc1OCCN1CCCC1. The number of benzene rings is 1. The van der Waals surface area contributed by atoms with E-state index in [-0.39, 0.29) is 0 Å². The molecule has 1 fully saturated rings. The average molecular weight is 204 g/mol. The van der Waals surface area contributed by atoms with Crippen molar-refractivity contribution in [3.63, 3.8) is 0 Å². The van der Waals surface area contributed by atoms with Crippen LogP contribution in [-0.4, -0.2) is 31.1 Å². The number of rotatable bonds is 4. The first kappa shape index (κ1) is 10.5. The molecule has 2 nitrogen and oxygen atoms in total. The molecule has 1 aromatic carbocycles. The van der Waals surface area contributed by atoms with Crippen LogP contribution in [0, 0.1) is 13.0 Å². The Labute approximate surface area is 91.9 Å². The molecule has 15 heavy (non-hydrogen) atoms. The minimum Gasteiger partial charge on any atom is -0.492 e. The number of likely N-dealkylation sites (tertiary alicyclic amines) is 1. The Morgan fingerprint density at radius 1 is 1.40 bits per heavy atom. The van der Waals surface area contributed by atoms with Crippen LogP contribution in [-0.2, 0) is 0 Å². The topological polar surface area (TPSA) is 12.5 Å². The van der Waals surface area contributed by atoms with Gasteiger partial charge in [0, 0.05) is 6.54 Å². The van der Waals surface area contributed by atoms with Gasteiger partial charge in [-0.05, 0) is 50.6 Å². The van der Waals surface area contributed by atoms with E-state index in [1.54, 1.807) is 0 Å². The summed E-state index contributed by atoms with van der Waals surface area (Å²) in [7, 11) is 0. The Morgan fingerprint density at radius 2 is 2.20 bits per heavy atom. The van der Waals surface area contributed by atoms with E-state index < -0.39 is 0 Å². The van der Waals surface area contributed by atoms with Crippen LogP contribution in [0.1, 0.15) is 18.4 Å². The number of hydrogen-bond donors (Lipinski definition) is 0. The molecule has 1 saturated heterocycles. The molecule has 0 N–H and O–H groups in total. The molecular formula is C13H18NO. The smallest absolute Gasteiger partial charge is 0.122 e. The number of nitrogens with zero attached hydrogens (tertiary/aromatic N) is 1. The highest BCUT2D eigenvalue weighted by Gasteiger charge is 2.10. The van der Waals surface area contributed by atoms with Crippen LogP contribution >= 0.6 is 0 Å². The van der Waals surface area contributed by atoms with Crippen LogP contribution in [0.2, 0.25) is 0 Å². The van der Waals surface area contributed by atoms with Crippen molar-refractivity contribution < 1.29 is 4.74 Å². The molecule has 0 spiro atoms. The number of hydrogen-bond acceptors (Lipinski definition) is 2. The van der Waals surface area contributed by atoms with Gasteiger partial charge in [0.15, 0.2) is 0 Å². The molecule has 81 valence electrons. The van der Waals surface area contributed by atoms with E-state index in [4.69, 9.17) is 4.74 Å². The Hall–Kier alpha value is -1.02. The molecule has 1 radical (unpaired) electrons. The third kappa shape index (κ3) is 2.96. The van der Waals surface area contributed by atoms with E-state index in [1.165, 1.54) is 31.5 Å². The molecule has 0 unspecified atom stereocenters. The van der Waals surface area contributed by atoms with Crippen LogP contribution in [0.3, 0.4) is 0 Å². The van der Waals surface area contributed by atoms with Gasteiger partial charge in [-0.25, -0.2) is 0 Å². The highest BCUT2D eigenvalue weighted by molar-refractivity contribution is 5.31. The summed E-state index contributed by atoms with van der Waals surface area (Å²) in [6, 6.07) is 8.91. The minimum atomic E-state index is 0.790. The van der Waals surface area contributed by atoms with Gasteiger partial charge in [-0.15, -0.1) is 0 Å². The fourth-order valence-corrected chi connectivity index (χ4v) is 1.94. The van der Waals surface area contributed by atoms with E-state index in [2.05, 4.69) is 17.9 Å².